The number of halogens is 6. The van der Waals surface area contributed by atoms with E-state index in [-0.39, 0.29) is 31.5 Å². The lowest BCUT2D eigenvalue weighted by molar-refractivity contribution is -0.144. The van der Waals surface area contributed by atoms with Gasteiger partial charge in [-0.3, -0.25) is 9.59 Å². The smallest absolute Gasteiger partial charge is 0.416 e. The molecule has 1 fully saturated rings. The summed E-state index contributed by atoms with van der Waals surface area (Å²) in [5, 5.41) is 9.09. The molecule has 0 bridgehead atoms. The zero-order chi connectivity index (χ0) is 19.9. The van der Waals surface area contributed by atoms with E-state index in [4.69, 9.17) is 5.11 Å². The van der Waals surface area contributed by atoms with Crippen molar-refractivity contribution in [3.63, 3.8) is 0 Å². The molecular formula is C16H15F6NO3. The van der Waals surface area contributed by atoms with E-state index in [0.717, 1.165) is 4.90 Å². The fourth-order valence-corrected chi connectivity index (χ4v) is 2.96. The minimum atomic E-state index is -5.06. The predicted octanol–water partition coefficient (Wildman–Crippen LogP) is 3.91. The Kier molecular flexibility index (Phi) is 5.25. The van der Waals surface area contributed by atoms with Crippen LogP contribution in [0.1, 0.15) is 34.8 Å². The average Bonchev–Trinajstić information content (AvgIpc) is 2.51. The summed E-state index contributed by atoms with van der Waals surface area (Å²) < 4.78 is 77.4. The van der Waals surface area contributed by atoms with Crippen LogP contribution in [0.4, 0.5) is 26.3 Å². The number of likely N-dealkylation sites (tertiary alicyclic amines) is 1. The summed E-state index contributed by atoms with van der Waals surface area (Å²) in [6, 6.07) is 0.648. The van der Waals surface area contributed by atoms with Crippen LogP contribution in [0.15, 0.2) is 18.2 Å². The highest BCUT2D eigenvalue weighted by atomic mass is 19.4. The summed E-state index contributed by atoms with van der Waals surface area (Å²) >= 11 is 0. The molecule has 1 heterocycles. The van der Waals surface area contributed by atoms with E-state index in [1.54, 1.807) is 6.92 Å². The maximum Gasteiger partial charge on any atom is 0.416 e. The van der Waals surface area contributed by atoms with E-state index < -0.39 is 46.8 Å². The van der Waals surface area contributed by atoms with Crippen molar-refractivity contribution in [2.45, 2.75) is 25.7 Å². The molecule has 2 rings (SSSR count). The first-order chi connectivity index (χ1) is 11.8. The second-order valence-corrected chi connectivity index (χ2v) is 6.38. The van der Waals surface area contributed by atoms with Gasteiger partial charge in [0.1, 0.15) is 0 Å². The molecule has 2 unspecified atom stereocenters. The minimum Gasteiger partial charge on any atom is -0.481 e. The van der Waals surface area contributed by atoms with Crippen LogP contribution in [0.2, 0.25) is 0 Å². The number of carboxylic acids is 1. The number of hydrogen-bond donors (Lipinski definition) is 1. The normalized spacial score (nSPS) is 21.6. The van der Waals surface area contributed by atoms with Crippen molar-refractivity contribution in [1.82, 2.24) is 4.90 Å². The van der Waals surface area contributed by atoms with Crippen LogP contribution >= 0.6 is 0 Å². The summed E-state index contributed by atoms with van der Waals surface area (Å²) in [7, 11) is 0. The number of carbonyl (C=O) groups excluding carboxylic acids is 1. The van der Waals surface area contributed by atoms with Crippen molar-refractivity contribution in [2.75, 3.05) is 13.1 Å². The van der Waals surface area contributed by atoms with Crippen molar-refractivity contribution in [2.24, 2.45) is 11.8 Å². The highest BCUT2D eigenvalue weighted by Gasteiger charge is 2.39. The molecule has 0 aromatic heterocycles. The summed E-state index contributed by atoms with van der Waals surface area (Å²) in [6.07, 6.45) is -9.85. The molecule has 26 heavy (non-hydrogen) atoms. The number of nitrogens with zero attached hydrogens (tertiary/aromatic N) is 1. The van der Waals surface area contributed by atoms with E-state index in [1.165, 1.54) is 0 Å². The fourth-order valence-electron chi connectivity index (χ4n) is 2.96. The van der Waals surface area contributed by atoms with Crippen LogP contribution in [0.5, 0.6) is 0 Å². The summed E-state index contributed by atoms with van der Waals surface area (Å²) in [6.45, 7) is 1.44. The molecule has 1 aromatic rings. The molecule has 0 aliphatic carbocycles. The van der Waals surface area contributed by atoms with Crippen molar-refractivity contribution in [3.05, 3.63) is 34.9 Å². The molecule has 2 atom stereocenters. The molecule has 0 saturated carbocycles. The van der Waals surface area contributed by atoms with E-state index in [2.05, 4.69) is 0 Å². The average molecular weight is 383 g/mol. The number of aliphatic carboxylic acids is 1. The zero-order valence-electron chi connectivity index (χ0n) is 13.5. The van der Waals surface area contributed by atoms with Crippen LogP contribution in [0.3, 0.4) is 0 Å². The van der Waals surface area contributed by atoms with Gasteiger partial charge in [0.15, 0.2) is 0 Å². The monoisotopic (exact) mass is 383 g/mol. The molecule has 1 aliphatic rings. The number of alkyl halides is 6. The van der Waals surface area contributed by atoms with Crippen LogP contribution in [0.25, 0.3) is 0 Å². The number of carbonyl (C=O) groups is 2. The van der Waals surface area contributed by atoms with Gasteiger partial charge in [-0.2, -0.15) is 26.3 Å². The SMILES string of the molecule is CC1CC(C(=O)O)CN(C(=O)c2cc(C(F)(F)F)cc(C(F)(F)F)c2)C1. The van der Waals surface area contributed by atoms with Gasteiger partial charge in [0.25, 0.3) is 5.91 Å². The van der Waals surface area contributed by atoms with Crippen molar-refractivity contribution >= 4 is 11.9 Å². The first-order valence-electron chi connectivity index (χ1n) is 7.60. The van der Waals surface area contributed by atoms with Crippen LogP contribution in [0, 0.1) is 11.8 Å². The topological polar surface area (TPSA) is 57.6 Å². The Hall–Kier alpha value is -2.26. The Morgan fingerprint density at radius 3 is 1.92 bits per heavy atom. The molecule has 1 saturated heterocycles. The molecule has 10 heteroatoms. The maximum atomic E-state index is 12.9. The van der Waals surface area contributed by atoms with Gasteiger partial charge in [0.2, 0.25) is 0 Å². The molecule has 1 aromatic carbocycles. The summed E-state index contributed by atoms with van der Waals surface area (Å²) in [4.78, 5) is 24.6. The van der Waals surface area contributed by atoms with Gasteiger partial charge in [-0.1, -0.05) is 6.92 Å². The van der Waals surface area contributed by atoms with Crippen LogP contribution in [-0.4, -0.2) is 35.0 Å². The van der Waals surface area contributed by atoms with Gasteiger partial charge in [0, 0.05) is 18.7 Å². The third kappa shape index (κ3) is 4.47. The van der Waals surface area contributed by atoms with Crippen LogP contribution in [-0.2, 0) is 17.1 Å². The molecule has 0 radical (unpaired) electrons. The first kappa shape index (κ1) is 20.1. The number of rotatable bonds is 2. The highest BCUT2D eigenvalue weighted by molar-refractivity contribution is 5.95. The summed E-state index contributed by atoms with van der Waals surface area (Å²) in [5.41, 5.74) is -3.95. The zero-order valence-corrected chi connectivity index (χ0v) is 13.5. The molecule has 1 amide bonds. The van der Waals surface area contributed by atoms with E-state index in [9.17, 15) is 35.9 Å². The fraction of sp³-hybridized carbons (Fsp3) is 0.500. The number of hydrogen-bond acceptors (Lipinski definition) is 2. The second-order valence-electron chi connectivity index (χ2n) is 6.38. The lowest BCUT2D eigenvalue weighted by Crippen LogP contribution is -2.45. The van der Waals surface area contributed by atoms with Crippen molar-refractivity contribution in [3.8, 4) is 0 Å². The predicted molar refractivity (Wildman–Crippen MR) is 77.3 cm³/mol. The summed E-state index contributed by atoms with van der Waals surface area (Å²) in [5.74, 6) is -3.40. The third-order valence-electron chi connectivity index (χ3n) is 4.13. The van der Waals surface area contributed by atoms with E-state index >= 15 is 0 Å². The Balaban J connectivity index is 2.43. The molecule has 144 valence electrons. The number of piperidine rings is 1. The van der Waals surface area contributed by atoms with Gasteiger partial charge in [-0.05, 0) is 30.5 Å². The number of benzene rings is 1. The van der Waals surface area contributed by atoms with Gasteiger partial charge in [-0.15, -0.1) is 0 Å². The maximum absolute atomic E-state index is 12.9. The number of amides is 1. The van der Waals surface area contributed by atoms with Gasteiger partial charge in [0.05, 0.1) is 17.0 Å². The minimum absolute atomic E-state index is 0.0558. The lowest BCUT2D eigenvalue weighted by atomic mass is 9.90. The third-order valence-corrected chi connectivity index (χ3v) is 4.13. The molecular weight excluding hydrogens is 368 g/mol. The Morgan fingerprint density at radius 2 is 1.50 bits per heavy atom. The Bertz CT molecular complexity index is 681. The lowest BCUT2D eigenvalue weighted by Gasteiger charge is -2.35. The first-order valence-corrected chi connectivity index (χ1v) is 7.60. The van der Waals surface area contributed by atoms with E-state index in [0.29, 0.717) is 12.1 Å². The Labute approximate surface area is 144 Å². The molecule has 4 nitrogen and oxygen atoms in total. The standard InChI is InChI=1S/C16H15F6NO3/c1-8-2-10(14(25)26)7-23(6-8)13(24)9-3-11(15(17,18)19)5-12(4-9)16(20,21)22/h3-5,8,10H,2,6-7H2,1H3,(H,25,26). The van der Waals surface area contributed by atoms with Crippen molar-refractivity contribution in [1.29, 1.82) is 0 Å². The molecule has 1 N–H and O–H groups in total. The molecule has 0 spiro atoms. The number of carboxylic acid groups (broad SMARTS) is 1. The van der Waals surface area contributed by atoms with Gasteiger partial charge in [-0.25, -0.2) is 0 Å². The van der Waals surface area contributed by atoms with E-state index in [1.807, 2.05) is 0 Å². The van der Waals surface area contributed by atoms with Crippen molar-refractivity contribution < 1.29 is 41.0 Å². The second kappa shape index (κ2) is 6.81. The molecule has 1 aliphatic heterocycles. The van der Waals surface area contributed by atoms with Gasteiger partial charge >= 0.3 is 18.3 Å². The largest absolute Gasteiger partial charge is 0.481 e. The highest BCUT2D eigenvalue weighted by Crippen LogP contribution is 2.37. The van der Waals surface area contributed by atoms with Crippen LogP contribution < -0.4 is 0 Å². The Morgan fingerprint density at radius 1 is 1.00 bits per heavy atom. The van der Waals surface area contributed by atoms with Gasteiger partial charge < -0.3 is 10.0 Å². The quantitative estimate of drug-likeness (QED) is 0.788.